The Labute approximate surface area is 145 Å². The topological polar surface area (TPSA) is 42.0 Å². The van der Waals surface area contributed by atoms with Crippen LogP contribution in [0.15, 0.2) is 42.5 Å². The molecule has 0 aliphatic heterocycles. The Kier molecular flexibility index (Phi) is 5.20. The number of halogens is 3. The molecule has 1 amide bonds. The highest BCUT2D eigenvalue weighted by atomic mass is 19.4. The number of hydrogen-bond acceptors (Lipinski definition) is 2. The monoisotopic (exact) mass is 350 g/mol. The standard InChI is InChI=1S/C19H21F3N2O/c1-12-15(10-11-16(23-12)19(20,21)22)17(25)24-13(2)18(3,4)14-8-6-5-7-9-14/h5-11,13H,1-4H3,(H,24,25)/t13-/m1/s1. The minimum atomic E-state index is -4.53. The van der Waals surface area contributed by atoms with E-state index >= 15 is 0 Å². The summed E-state index contributed by atoms with van der Waals surface area (Å²) in [5, 5.41) is 2.87. The van der Waals surface area contributed by atoms with Crippen LogP contribution in [0.25, 0.3) is 0 Å². The molecule has 1 aromatic carbocycles. The molecule has 0 fully saturated rings. The van der Waals surface area contributed by atoms with Crippen molar-refractivity contribution in [2.24, 2.45) is 0 Å². The van der Waals surface area contributed by atoms with Gasteiger partial charge in [0.25, 0.3) is 5.91 Å². The lowest BCUT2D eigenvalue weighted by Crippen LogP contribution is -2.45. The Balaban J connectivity index is 2.19. The first-order valence-electron chi connectivity index (χ1n) is 7.94. The van der Waals surface area contributed by atoms with Crippen LogP contribution in [0.3, 0.4) is 0 Å². The van der Waals surface area contributed by atoms with Crippen molar-refractivity contribution >= 4 is 5.91 Å². The summed E-state index contributed by atoms with van der Waals surface area (Å²) in [6, 6.07) is 11.5. The summed E-state index contributed by atoms with van der Waals surface area (Å²) >= 11 is 0. The minimum absolute atomic E-state index is 0.0528. The van der Waals surface area contributed by atoms with Crippen LogP contribution < -0.4 is 5.32 Å². The van der Waals surface area contributed by atoms with Gasteiger partial charge < -0.3 is 5.32 Å². The van der Waals surface area contributed by atoms with E-state index in [1.807, 2.05) is 51.1 Å². The second kappa shape index (κ2) is 6.86. The number of nitrogens with zero attached hydrogens (tertiary/aromatic N) is 1. The van der Waals surface area contributed by atoms with E-state index in [1.165, 1.54) is 13.0 Å². The number of rotatable bonds is 4. The van der Waals surface area contributed by atoms with Crippen molar-refractivity contribution in [1.29, 1.82) is 0 Å². The van der Waals surface area contributed by atoms with Gasteiger partial charge in [0.2, 0.25) is 0 Å². The largest absolute Gasteiger partial charge is 0.433 e. The van der Waals surface area contributed by atoms with E-state index in [-0.39, 0.29) is 22.7 Å². The molecule has 1 N–H and O–H groups in total. The van der Waals surface area contributed by atoms with Crippen LogP contribution in [0, 0.1) is 6.92 Å². The number of benzene rings is 1. The highest BCUT2D eigenvalue weighted by Gasteiger charge is 2.34. The van der Waals surface area contributed by atoms with Crippen molar-refractivity contribution in [2.75, 3.05) is 0 Å². The van der Waals surface area contributed by atoms with Gasteiger partial charge in [-0.2, -0.15) is 13.2 Å². The number of nitrogens with one attached hydrogen (secondary N) is 1. The van der Waals surface area contributed by atoms with Crippen molar-refractivity contribution < 1.29 is 18.0 Å². The number of aryl methyl sites for hydroxylation is 1. The Hall–Kier alpha value is -2.37. The predicted octanol–water partition coefficient (Wildman–Crippen LogP) is 4.50. The van der Waals surface area contributed by atoms with Crippen LogP contribution in [-0.2, 0) is 11.6 Å². The fourth-order valence-electron chi connectivity index (χ4n) is 2.53. The van der Waals surface area contributed by atoms with Crippen LogP contribution in [-0.4, -0.2) is 16.9 Å². The third kappa shape index (κ3) is 4.18. The molecule has 0 radical (unpaired) electrons. The fraction of sp³-hybridized carbons (Fsp3) is 0.368. The Bertz CT molecular complexity index is 755. The first-order valence-corrected chi connectivity index (χ1v) is 7.94. The second-order valence-electron chi connectivity index (χ2n) is 6.61. The van der Waals surface area contributed by atoms with E-state index in [4.69, 9.17) is 0 Å². The molecular formula is C19H21F3N2O. The highest BCUT2D eigenvalue weighted by Crippen LogP contribution is 2.29. The number of alkyl halides is 3. The van der Waals surface area contributed by atoms with Gasteiger partial charge in [-0.3, -0.25) is 4.79 Å². The van der Waals surface area contributed by atoms with Gasteiger partial charge in [-0.25, -0.2) is 4.98 Å². The van der Waals surface area contributed by atoms with Gasteiger partial charge in [-0.1, -0.05) is 44.2 Å². The molecule has 2 aromatic rings. The van der Waals surface area contributed by atoms with Crippen LogP contribution >= 0.6 is 0 Å². The van der Waals surface area contributed by atoms with E-state index in [1.54, 1.807) is 0 Å². The molecule has 1 aromatic heterocycles. The molecule has 1 heterocycles. The number of hydrogen-bond donors (Lipinski definition) is 1. The molecular weight excluding hydrogens is 329 g/mol. The molecule has 2 rings (SSSR count). The summed E-state index contributed by atoms with van der Waals surface area (Å²) in [5.74, 6) is -0.435. The van der Waals surface area contributed by atoms with Crippen molar-refractivity contribution in [3.8, 4) is 0 Å². The lowest BCUT2D eigenvalue weighted by atomic mass is 9.78. The summed E-state index contributed by atoms with van der Waals surface area (Å²) in [6.45, 7) is 7.28. The van der Waals surface area contributed by atoms with Gasteiger partial charge in [0.05, 0.1) is 11.3 Å². The maximum Gasteiger partial charge on any atom is 0.433 e. The lowest BCUT2D eigenvalue weighted by molar-refractivity contribution is -0.141. The van der Waals surface area contributed by atoms with Gasteiger partial charge in [0.1, 0.15) is 5.69 Å². The zero-order chi connectivity index (χ0) is 18.8. The Morgan fingerprint density at radius 2 is 1.68 bits per heavy atom. The van der Waals surface area contributed by atoms with Gasteiger partial charge in [-0.05, 0) is 31.5 Å². The van der Waals surface area contributed by atoms with Gasteiger partial charge in [0.15, 0.2) is 0 Å². The predicted molar refractivity (Wildman–Crippen MR) is 90.4 cm³/mol. The molecule has 0 aliphatic carbocycles. The molecule has 1 atom stereocenters. The maximum atomic E-state index is 12.7. The van der Waals surface area contributed by atoms with E-state index in [0.29, 0.717) is 0 Å². The average Bonchev–Trinajstić information content (AvgIpc) is 2.54. The minimum Gasteiger partial charge on any atom is -0.349 e. The molecule has 0 aliphatic rings. The average molecular weight is 350 g/mol. The number of carbonyl (C=O) groups is 1. The smallest absolute Gasteiger partial charge is 0.349 e. The van der Waals surface area contributed by atoms with E-state index in [0.717, 1.165) is 11.6 Å². The Morgan fingerprint density at radius 3 is 2.20 bits per heavy atom. The molecule has 0 spiro atoms. The molecule has 0 saturated heterocycles. The molecule has 3 nitrogen and oxygen atoms in total. The van der Waals surface area contributed by atoms with Crippen molar-refractivity contribution in [3.05, 3.63) is 65.0 Å². The first kappa shape index (κ1) is 19.0. The molecule has 134 valence electrons. The number of amides is 1. The van der Waals surface area contributed by atoms with Crippen LogP contribution in [0.5, 0.6) is 0 Å². The van der Waals surface area contributed by atoms with E-state index in [2.05, 4.69) is 10.3 Å². The Morgan fingerprint density at radius 1 is 1.08 bits per heavy atom. The molecule has 0 unspecified atom stereocenters. The maximum absolute atomic E-state index is 12.7. The van der Waals surface area contributed by atoms with Crippen LogP contribution in [0.2, 0.25) is 0 Å². The number of pyridine rings is 1. The number of aromatic nitrogens is 1. The van der Waals surface area contributed by atoms with Crippen molar-refractivity contribution in [2.45, 2.75) is 45.3 Å². The quantitative estimate of drug-likeness (QED) is 0.882. The summed E-state index contributed by atoms with van der Waals surface area (Å²) in [5.41, 5.74) is -0.0884. The summed E-state index contributed by atoms with van der Waals surface area (Å²) < 4.78 is 38.1. The number of carbonyl (C=O) groups excluding carboxylic acids is 1. The van der Waals surface area contributed by atoms with Gasteiger partial charge in [-0.15, -0.1) is 0 Å². The first-order chi connectivity index (χ1) is 11.5. The fourth-order valence-corrected chi connectivity index (χ4v) is 2.53. The summed E-state index contributed by atoms with van der Waals surface area (Å²) in [7, 11) is 0. The molecule has 6 heteroatoms. The molecule has 0 saturated carbocycles. The van der Waals surface area contributed by atoms with Crippen molar-refractivity contribution in [3.63, 3.8) is 0 Å². The summed E-state index contributed by atoms with van der Waals surface area (Å²) in [6.07, 6.45) is -4.53. The normalized spacial score (nSPS) is 13.4. The summed E-state index contributed by atoms with van der Waals surface area (Å²) in [4.78, 5) is 16.0. The van der Waals surface area contributed by atoms with Gasteiger partial charge >= 0.3 is 6.18 Å². The zero-order valence-corrected chi connectivity index (χ0v) is 14.6. The third-order valence-corrected chi connectivity index (χ3v) is 4.57. The van der Waals surface area contributed by atoms with Crippen LogP contribution in [0.4, 0.5) is 13.2 Å². The molecule has 25 heavy (non-hydrogen) atoms. The highest BCUT2D eigenvalue weighted by molar-refractivity contribution is 5.95. The SMILES string of the molecule is Cc1nc(C(F)(F)F)ccc1C(=O)N[C@H](C)C(C)(C)c1ccccc1. The zero-order valence-electron chi connectivity index (χ0n) is 14.6. The van der Waals surface area contributed by atoms with E-state index in [9.17, 15) is 18.0 Å². The van der Waals surface area contributed by atoms with E-state index < -0.39 is 17.8 Å². The van der Waals surface area contributed by atoms with Crippen molar-refractivity contribution in [1.82, 2.24) is 10.3 Å². The lowest BCUT2D eigenvalue weighted by Gasteiger charge is -2.33. The van der Waals surface area contributed by atoms with Gasteiger partial charge in [0, 0.05) is 11.5 Å². The third-order valence-electron chi connectivity index (χ3n) is 4.57. The van der Waals surface area contributed by atoms with Crippen LogP contribution in [0.1, 0.15) is 48.1 Å². The second-order valence-corrected chi connectivity index (χ2v) is 6.61. The molecule has 0 bridgehead atoms.